The van der Waals surface area contributed by atoms with Gasteiger partial charge in [0.05, 0.1) is 11.9 Å². The molecule has 0 amide bonds. The van der Waals surface area contributed by atoms with Gasteiger partial charge in [-0.3, -0.25) is 4.98 Å². The number of nitrogens with one attached hydrogen (secondary N) is 1. The summed E-state index contributed by atoms with van der Waals surface area (Å²) in [5.74, 6) is 1.03. The molecule has 3 rings (SSSR count). The lowest BCUT2D eigenvalue weighted by molar-refractivity contribution is 0.360. The fourth-order valence-electron chi connectivity index (χ4n) is 2.44. The van der Waals surface area contributed by atoms with Crippen LogP contribution in [0.5, 0.6) is 0 Å². The summed E-state index contributed by atoms with van der Waals surface area (Å²) < 4.78 is 0. The molecule has 0 spiro atoms. The molecule has 0 bridgehead atoms. The van der Waals surface area contributed by atoms with Gasteiger partial charge in [-0.15, -0.1) is 0 Å². The van der Waals surface area contributed by atoms with Crippen molar-refractivity contribution in [2.24, 2.45) is 0 Å². The quantitative estimate of drug-likeness (QED) is 0.871. The first kappa shape index (κ1) is 12.8. The van der Waals surface area contributed by atoms with Crippen LogP contribution in [0, 0.1) is 0 Å². The smallest absolute Gasteiger partial charge is 0.147 e. The van der Waals surface area contributed by atoms with Crippen molar-refractivity contribution in [2.75, 3.05) is 38.1 Å². The molecule has 19 heavy (non-hydrogen) atoms. The van der Waals surface area contributed by atoms with E-state index in [1.54, 1.807) is 0 Å². The number of hydrogen-bond donors (Lipinski definition) is 1. The maximum Gasteiger partial charge on any atom is 0.147 e. The Morgan fingerprint density at radius 3 is 2.95 bits per heavy atom. The van der Waals surface area contributed by atoms with Crippen molar-refractivity contribution in [1.29, 1.82) is 0 Å². The zero-order chi connectivity index (χ0) is 13.1. The summed E-state index contributed by atoms with van der Waals surface area (Å²) in [4.78, 5) is 13.8. The minimum atomic E-state index is 0.720. The van der Waals surface area contributed by atoms with Crippen molar-refractivity contribution in [3.05, 3.63) is 18.1 Å². The highest BCUT2D eigenvalue weighted by Crippen LogP contribution is 2.19. The highest BCUT2D eigenvalue weighted by molar-refractivity contribution is 5.36. The summed E-state index contributed by atoms with van der Waals surface area (Å²) in [5.41, 5.74) is 1.06. The van der Waals surface area contributed by atoms with Gasteiger partial charge in [-0.25, -0.2) is 4.98 Å². The van der Waals surface area contributed by atoms with Gasteiger partial charge in [-0.2, -0.15) is 0 Å². The number of rotatable bonds is 4. The second-order valence-corrected chi connectivity index (χ2v) is 5.67. The molecule has 1 saturated heterocycles. The van der Waals surface area contributed by atoms with Crippen LogP contribution in [0.4, 0.5) is 5.82 Å². The van der Waals surface area contributed by atoms with Crippen molar-refractivity contribution >= 4 is 5.82 Å². The lowest BCUT2D eigenvalue weighted by Gasteiger charge is -2.21. The molecule has 104 valence electrons. The summed E-state index contributed by atoms with van der Waals surface area (Å²) in [6, 6.07) is 0.720. The minimum Gasteiger partial charge on any atom is -0.354 e. The molecular weight excluding hydrogens is 238 g/mol. The number of aromatic nitrogens is 2. The van der Waals surface area contributed by atoms with E-state index in [-0.39, 0.29) is 0 Å². The normalized spacial score (nSPS) is 21.4. The topological polar surface area (TPSA) is 44.3 Å². The Hall–Kier alpha value is -1.20. The minimum absolute atomic E-state index is 0.720. The fraction of sp³-hybridized carbons (Fsp3) is 0.714. The highest BCUT2D eigenvalue weighted by atomic mass is 15.2. The molecule has 0 atom stereocenters. The molecule has 2 fully saturated rings. The van der Waals surface area contributed by atoms with Crippen LogP contribution < -0.4 is 10.2 Å². The van der Waals surface area contributed by atoms with E-state index in [1.807, 2.05) is 12.4 Å². The van der Waals surface area contributed by atoms with Crippen LogP contribution in [0.25, 0.3) is 0 Å². The van der Waals surface area contributed by atoms with E-state index in [1.165, 1.54) is 25.8 Å². The van der Waals surface area contributed by atoms with Crippen LogP contribution in [-0.4, -0.2) is 54.1 Å². The monoisotopic (exact) mass is 261 g/mol. The first-order valence-electron chi connectivity index (χ1n) is 7.29. The van der Waals surface area contributed by atoms with Gasteiger partial charge in [-0.05, 0) is 32.9 Å². The van der Waals surface area contributed by atoms with Crippen molar-refractivity contribution < 1.29 is 0 Å². The number of anilines is 1. The molecule has 2 heterocycles. The average molecular weight is 261 g/mol. The van der Waals surface area contributed by atoms with Gasteiger partial charge >= 0.3 is 0 Å². The van der Waals surface area contributed by atoms with Gasteiger partial charge in [0, 0.05) is 38.4 Å². The third kappa shape index (κ3) is 3.64. The second-order valence-electron chi connectivity index (χ2n) is 5.67. The molecule has 1 aromatic heterocycles. The molecule has 5 nitrogen and oxygen atoms in total. The lowest BCUT2D eigenvalue weighted by atomic mass is 10.3. The summed E-state index contributed by atoms with van der Waals surface area (Å²) in [5, 5.41) is 3.49. The first-order valence-corrected chi connectivity index (χ1v) is 7.29. The van der Waals surface area contributed by atoms with Gasteiger partial charge in [0.15, 0.2) is 0 Å². The van der Waals surface area contributed by atoms with Crippen molar-refractivity contribution in [3.63, 3.8) is 0 Å². The SMILES string of the molecule is CN1CCCN(c2cncc(CNC3CC3)n2)CC1. The number of hydrogen-bond acceptors (Lipinski definition) is 5. The molecule has 1 aliphatic carbocycles. The molecule has 0 aromatic carbocycles. The predicted molar refractivity (Wildman–Crippen MR) is 76.2 cm³/mol. The summed E-state index contributed by atoms with van der Waals surface area (Å²) in [6.07, 6.45) is 7.59. The molecule has 1 saturated carbocycles. The number of likely N-dealkylation sites (N-methyl/N-ethyl adjacent to an activating group) is 1. The van der Waals surface area contributed by atoms with E-state index >= 15 is 0 Å². The Morgan fingerprint density at radius 2 is 2.11 bits per heavy atom. The maximum absolute atomic E-state index is 4.75. The van der Waals surface area contributed by atoms with Gasteiger partial charge in [0.25, 0.3) is 0 Å². The van der Waals surface area contributed by atoms with Crippen molar-refractivity contribution in [2.45, 2.75) is 31.8 Å². The number of nitrogens with zero attached hydrogens (tertiary/aromatic N) is 4. The molecule has 1 N–H and O–H groups in total. The summed E-state index contributed by atoms with van der Waals surface area (Å²) in [7, 11) is 2.19. The highest BCUT2D eigenvalue weighted by Gasteiger charge is 2.20. The Bertz CT molecular complexity index is 418. The standard InChI is InChI=1S/C14H23N5/c1-18-5-2-6-19(8-7-18)14-11-15-9-13(17-14)10-16-12-3-4-12/h9,11-12,16H,2-8,10H2,1H3. The summed E-state index contributed by atoms with van der Waals surface area (Å²) in [6.45, 7) is 5.25. The van der Waals surface area contributed by atoms with Crippen LogP contribution in [0.1, 0.15) is 25.0 Å². The lowest BCUT2D eigenvalue weighted by Crippen LogP contribution is -2.30. The van der Waals surface area contributed by atoms with E-state index < -0.39 is 0 Å². The van der Waals surface area contributed by atoms with Crippen LogP contribution in [0.3, 0.4) is 0 Å². The van der Waals surface area contributed by atoms with E-state index in [9.17, 15) is 0 Å². The Balaban J connectivity index is 1.63. The molecule has 0 radical (unpaired) electrons. The van der Waals surface area contributed by atoms with E-state index in [0.717, 1.165) is 43.7 Å². The van der Waals surface area contributed by atoms with Gasteiger partial charge in [-0.1, -0.05) is 0 Å². The molecule has 1 aromatic rings. The Labute approximate surface area is 115 Å². The third-order valence-corrected chi connectivity index (χ3v) is 3.86. The van der Waals surface area contributed by atoms with Crippen LogP contribution >= 0.6 is 0 Å². The van der Waals surface area contributed by atoms with Crippen LogP contribution in [0.15, 0.2) is 12.4 Å². The zero-order valence-electron chi connectivity index (χ0n) is 11.7. The molecule has 5 heteroatoms. The third-order valence-electron chi connectivity index (χ3n) is 3.86. The van der Waals surface area contributed by atoms with Gasteiger partial charge < -0.3 is 15.1 Å². The Kier molecular flexibility index (Phi) is 3.94. The van der Waals surface area contributed by atoms with Crippen LogP contribution in [-0.2, 0) is 6.54 Å². The zero-order valence-corrected chi connectivity index (χ0v) is 11.7. The maximum atomic E-state index is 4.75. The second kappa shape index (κ2) is 5.84. The molecule has 0 unspecified atom stereocenters. The summed E-state index contributed by atoms with van der Waals surface area (Å²) >= 11 is 0. The van der Waals surface area contributed by atoms with E-state index in [4.69, 9.17) is 4.98 Å². The largest absolute Gasteiger partial charge is 0.354 e. The average Bonchev–Trinajstić information content (AvgIpc) is 3.24. The molecule has 2 aliphatic rings. The predicted octanol–water partition coefficient (Wildman–Crippen LogP) is 0.870. The molecule has 1 aliphatic heterocycles. The van der Waals surface area contributed by atoms with E-state index in [0.29, 0.717) is 0 Å². The fourth-order valence-corrected chi connectivity index (χ4v) is 2.44. The first-order chi connectivity index (χ1) is 9.31. The van der Waals surface area contributed by atoms with Gasteiger partial charge in [0.2, 0.25) is 0 Å². The molecular formula is C14H23N5. The van der Waals surface area contributed by atoms with Crippen LogP contribution in [0.2, 0.25) is 0 Å². The van der Waals surface area contributed by atoms with E-state index in [2.05, 4.69) is 27.1 Å². The van der Waals surface area contributed by atoms with Crippen molar-refractivity contribution in [1.82, 2.24) is 20.2 Å². The van der Waals surface area contributed by atoms with Gasteiger partial charge in [0.1, 0.15) is 5.82 Å². The van der Waals surface area contributed by atoms with Crippen molar-refractivity contribution in [3.8, 4) is 0 Å². The Morgan fingerprint density at radius 1 is 1.21 bits per heavy atom.